The molecule has 0 saturated carbocycles. The fraction of sp³-hybridized carbons (Fsp3) is 0.385. The van der Waals surface area contributed by atoms with Crippen molar-refractivity contribution in [1.82, 2.24) is 24.9 Å². The Morgan fingerprint density at radius 2 is 2.04 bits per heavy atom. The Bertz CT molecular complexity index is 737. The van der Waals surface area contributed by atoms with E-state index in [0.29, 0.717) is 5.69 Å². The minimum Gasteiger partial charge on any atom is -0.354 e. The predicted octanol–water partition coefficient (Wildman–Crippen LogP) is 0.861. The molecule has 0 aliphatic heterocycles. The van der Waals surface area contributed by atoms with Crippen molar-refractivity contribution in [3.05, 3.63) is 29.3 Å². The molecule has 0 unspecified atom stereocenters. The number of hydrogen-bond donors (Lipinski definition) is 2. The maximum absolute atomic E-state index is 12.9. The quantitative estimate of drug-likeness (QED) is 0.852. The lowest BCUT2D eigenvalue weighted by Gasteiger charge is -2.07. The standard InChI is InChI=1S/C13H16F2N6O2/c1-7-4-9(12(14)15)21(18-7)6-10(22)17-8-5-20(3)19-11(8)13(23)16-2/h4-5,12H,6H2,1-3H3,(H,16,23)(H,17,22). The largest absolute Gasteiger partial charge is 0.354 e. The molecule has 2 amide bonds. The second-order valence-corrected chi connectivity index (χ2v) is 4.86. The van der Waals surface area contributed by atoms with Gasteiger partial charge in [0, 0.05) is 20.3 Å². The number of alkyl halides is 2. The number of anilines is 1. The Morgan fingerprint density at radius 1 is 1.35 bits per heavy atom. The van der Waals surface area contributed by atoms with E-state index in [9.17, 15) is 18.4 Å². The molecular weight excluding hydrogens is 310 g/mol. The average molecular weight is 326 g/mol. The van der Waals surface area contributed by atoms with Crippen LogP contribution in [0.3, 0.4) is 0 Å². The number of hydrogen-bond acceptors (Lipinski definition) is 4. The SMILES string of the molecule is CNC(=O)c1nn(C)cc1NC(=O)Cn1nc(C)cc1C(F)F. The van der Waals surface area contributed by atoms with Crippen LogP contribution in [0.1, 0.15) is 28.3 Å². The van der Waals surface area contributed by atoms with Gasteiger partial charge in [-0.2, -0.15) is 10.2 Å². The first-order valence-electron chi connectivity index (χ1n) is 6.70. The third-order valence-corrected chi connectivity index (χ3v) is 3.00. The van der Waals surface area contributed by atoms with Gasteiger partial charge in [-0.05, 0) is 13.0 Å². The van der Waals surface area contributed by atoms with Crippen molar-refractivity contribution in [3.63, 3.8) is 0 Å². The van der Waals surface area contributed by atoms with E-state index in [1.807, 2.05) is 0 Å². The molecule has 0 aliphatic rings. The van der Waals surface area contributed by atoms with Crippen LogP contribution in [0.15, 0.2) is 12.3 Å². The lowest BCUT2D eigenvalue weighted by Crippen LogP contribution is -2.24. The van der Waals surface area contributed by atoms with Crippen molar-refractivity contribution in [3.8, 4) is 0 Å². The van der Waals surface area contributed by atoms with E-state index in [2.05, 4.69) is 20.8 Å². The van der Waals surface area contributed by atoms with Crippen LogP contribution in [0.4, 0.5) is 14.5 Å². The molecular formula is C13H16F2N6O2. The third-order valence-electron chi connectivity index (χ3n) is 3.00. The van der Waals surface area contributed by atoms with Crippen molar-refractivity contribution < 1.29 is 18.4 Å². The van der Waals surface area contributed by atoms with Gasteiger partial charge in [0.1, 0.15) is 12.2 Å². The molecule has 2 N–H and O–H groups in total. The number of carbonyl (C=O) groups excluding carboxylic acids is 2. The highest BCUT2D eigenvalue weighted by atomic mass is 19.3. The molecule has 2 rings (SSSR count). The van der Waals surface area contributed by atoms with Gasteiger partial charge in [0.2, 0.25) is 5.91 Å². The molecule has 10 heteroatoms. The molecule has 2 aromatic heterocycles. The van der Waals surface area contributed by atoms with Crippen molar-refractivity contribution in [2.75, 3.05) is 12.4 Å². The second kappa shape index (κ2) is 6.55. The zero-order valence-corrected chi connectivity index (χ0v) is 12.8. The molecule has 0 saturated heterocycles. The Balaban J connectivity index is 2.16. The van der Waals surface area contributed by atoms with Crippen LogP contribution in [0.2, 0.25) is 0 Å². The summed E-state index contributed by atoms with van der Waals surface area (Å²) in [4.78, 5) is 23.7. The number of aryl methyl sites for hydroxylation is 2. The monoisotopic (exact) mass is 326 g/mol. The average Bonchev–Trinajstić information content (AvgIpc) is 3.01. The fourth-order valence-corrected chi connectivity index (χ4v) is 2.06. The summed E-state index contributed by atoms with van der Waals surface area (Å²) in [6, 6.07) is 1.22. The molecule has 0 aromatic carbocycles. The summed E-state index contributed by atoms with van der Waals surface area (Å²) in [7, 11) is 3.03. The lowest BCUT2D eigenvalue weighted by molar-refractivity contribution is -0.117. The van der Waals surface area contributed by atoms with Crippen LogP contribution in [0.25, 0.3) is 0 Å². The smallest absolute Gasteiger partial charge is 0.280 e. The van der Waals surface area contributed by atoms with E-state index in [0.717, 1.165) is 4.68 Å². The molecule has 23 heavy (non-hydrogen) atoms. The second-order valence-electron chi connectivity index (χ2n) is 4.86. The van der Waals surface area contributed by atoms with Gasteiger partial charge in [-0.15, -0.1) is 0 Å². The van der Waals surface area contributed by atoms with Gasteiger partial charge in [-0.25, -0.2) is 8.78 Å². The number of nitrogens with zero attached hydrogens (tertiary/aromatic N) is 4. The first-order chi connectivity index (χ1) is 10.8. The first-order valence-corrected chi connectivity index (χ1v) is 6.70. The Morgan fingerprint density at radius 3 is 2.65 bits per heavy atom. The van der Waals surface area contributed by atoms with E-state index in [4.69, 9.17) is 0 Å². The number of amides is 2. The molecule has 0 fully saturated rings. The summed E-state index contributed by atoms with van der Waals surface area (Å²) in [5, 5.41) is 12.7. The molecule has 0 atom stereocenters. The van der Waals surface area contributed by atoms with Crippen LogP contribution in [0, 0.1) is 6.92 Å². The molecule has 0 aliphatic carbocycles. The van der Waals surface area contributed by atoms with Gasteiger partial charge in [-0.1, -0.05) is 0 Å². The van der Waals surface area contributed by atoms with Gasteiger partial charge >= 0.3 is 0 Å². The highest BCUT2D eigenvalue weighted by Crippen LogP contribution is 2.20. The van der Waals surface area contributed by atoms with Crippen molar-refractivity contribution >= 4 is 17.5 Å². The highest BCUT2D eigenvalue weighted by Gasteiger charge is 2.20. The zero-order valence-electron chi connectivity index (χ0n) is 12.8. The maximum Gasteiger partial charge on any atom is 0.280 e. The van der Waals surface area contributed by atoms with Gasteiger partial charge in [0.15, 0.2) is 5.69 Å². The summed E-state index contributed by atoms with van der Waals surface area (Å²) < 4.78 is 28.1. The molecule has 2 aromatic rings. The van der Waals surface area contributed by atoms with Crippen molar-refractivity contribution in [1.29, 1.82) is 0 Å². The Hall–Kier alpha value is -2.78. The van der Waals surface area contributed by atoms with E-state index < -0.39 is 24.8 Å². The normalized spacial score (nSPS) is 10.9. The van der Waals surface area contributed by atoms with Crippen LogP contribution in [-0.4, -0.2) is 38.4 Å². The lowest BCUT2D eigenvalue weighted by atomic mass is 10.3. The van der Waals surface area contributed by atoms with Crippen LogP contribution in [-0.2, 0) is 18.4 Å². The minimum atomic E-state index is -2.73. The minimum absolute atomic E-state index is 0.0362. The summed E-state index contributed by atoms with van der Waals surface area (Å²) in [6.07, 6.45) is -1.28. The van der Waals surface area contributed by atoms with E-state index >= 15 is 0 Å². The number of rotatable bonds is 5. The van der Waals surface area contributed by atoms with E-state index in [1.54, 1.807) is 14.0 Å². The van der Waals surface area contributed by atoms with Crippen molar-refractivity contribution in [2.45, 2.75) is 19.9 Å². The number of halogens is 2. The topological polar surface area (TPSA) is 93.8 Å². The van der Waals surface area contributed by atoms with Crippen LogP contribution < -0.4 is 10.6 Å². The first kappa shape index (κ1) is 16.6. The highest BCUT2D eigenvalue weighted by molar-refractivity contribution is 6.02. The molecule has 0 bridgehead atoms. The van der Waals surface area contributed by atoms with E-state index in [-0.39, 0.29) is 17.1 Å². The van der Waals surface area contributed by atoms with Crippen LogP contribution in [0.5, 0.6) is 0 Å². The summed E-state index contributed by atoms with van der Waals surface area (Å²) in [5.74, 6) is -1.06. The summed E-state index contributed by atoms with van der Waals surface area (Å²) >= 11 is 0. The summed E-state index contributed by atoms with van der Waals surface area (Å²) in [6.45, 7) is 1.17. The fourth-order valence-electron chi connectivity index (χ4n) is 2.06. The van der Waals surface area contributed by atoms with Gasteiger partial charge < -0.3 is 10.6 Å². The molecule has 124 valence electrons. The molecule has 2 heterocycles. The summed E-state index contributed by atoms with van der Waals surface area (Å²) in [5.41, 5.74) is 0.282. The van der Waals surface area contributed by atoms with Gasteiger partial charge in [0.25, 0.3) is 12.3 Å². The number of carbonyl (C=O) groups is 2. The van der Waals surface area contributed by atoms with Gasteiger partial charge in [0.05, 0.1) is 11.4 Å². The molecule has 0 spiro atoms. The maximum atomic E-state index is 12.9. The number of aromatic nitrogens is 4. The molecule has 8 nitrogen and oxygen atoms in total. The van der Waals surface area contributed by atoms with E-state index in [1.165, 1.54) is 24.0 Å². The van der Waals surface area contributed by atoms with Crippen molar-refractivity contribution in [2.24, 2.45) is 7.05 Å². The zero-order chi connectivity index (χ0) is 17.1. The number of nitrogens with one attached hydrogen (secondary N) is 2. The van der Waals surface area contributed by atoms with Crippen LogP contribution >= 0.6 is 0 Å². The predicted molar refractivity (Wildman–Crippen MR) is 77.1 cm³/mol. The van der Waals surface area contributed by atoms with Gasteiger partial charge in [-0.3, -0.25) is 19.0 Å². The Kier molecular flexibility index (Phi) is 4.72. The Labute approximate surface area is 130 Å². The third kappa shape index (κ3) is 3.71. The molecule has 0 radical (unpaired) electrons.